The number of benzene rings is 3. The Kier molecular flexibility index (Phi) is 5.55. The van der Waals surface area contributed by atoms with Crippen LogP contribution in [0.3, 0.4) is 0 Å². The molecule has 1 heterocycles. The first-order valence-electron chi connectivity index (χ1n) is 10.2. The number of aryl methyl sites for hydroxylation is 2. The SMILES string of the molecule is Cc1ccc(C#CCC2(c3ccccc3)C/C(=C\c3ccc(C)cc3)OC2=O)cc1. The second kappa shape index (κ2) is 8.43. The van der Waals surface area contributed by atoms with Crippen LogP contribution in [0, 0.1) is 25.7 Å². The van der Waals surface area contributed by atoms with E-state index in [1.165, 1.54) is 11.1 Å². The van der Waals surface area contributed by atoms with Gasteiger partial charge >= 0.3 is 5.97 Å². The molecule has 2 nitrogen and oxygen atoms in total. The third kappa shape index (κ3) is 4.21. The summed E-state index contributed by atoms with van der Waals surface area (Å²) in [7, 11) is 0. The number of rotatable bonds is 3. The van der Waals surface area contributed by atoms with E-state index in [9.17, 15) is 4.79 Å². The van der Waals surface area contributed by atoms with Gasteiger partial charge in [-0.1, -0.05) is 89.7 Å². The van der Waals surface area contributed by atoms with Crippen LogP contribution in [0.4, 0.5) is 0 Å². The number of hydrogen-bond acceptors (Lipinski definition) is 2. The molecule has 0 radical (unpaired) electrons. The van der Waals surface area contributed by atoms with Gasteiger partial charge in [0.2, 0.25) is 0 Å². The minimum atomic E-state index is -0.782. The largest absolute Gasteiger partial charge is 0.430 e. The highest BCUT2D eigenvalue weighted by molar-refractivity contribution is 5.88. The molecule has 1 atom stereocenters. The molecule has 148 valence electrons. The van der Waals surface area contributed by atoms with Crippen LogP contribution in [0.15, 0.2) is 84.6 Å². The van der Waals surface area contributed by atoms with Crippen LogP contribution < -0.4 is 0 Å². The molecule has 1 saturated heterocycles. The molecule has 0 bridgehead atoms. The van der Waals surface area contributed by atoms with E-state index < -0.39 is 5.41 Å². The quantitative estimate of drug-likeness (QED) is 0.405. The van der Waals surface area contributed by atoms with Crippen LogP contribution in [-0.4, -0.2) is 5.97 Å². The van der Waals surface area contributed by atoms with Crippen LogP contribution in [0.2, 0.25) is 0 Å². The fourth-order valence-electron chi connectivity index (χ4n) is 3.70. The molecule has 0 N–H and O–H groups in total. The molecule has 0 amide bonds. The maximum atomic E-state index is 13.1. The second-order valence-electron chi connectivity index (χ2n) is 7.88. The zero-order valence-electron chi connectivity index (χ0n) is 17.3. The summed E-state index contributed by atoms with van der Waals surface area (Å²) in [6, 6.07) is 26.1. The number of hydrogen-bond donors (Lipinski definition) is 0. The molecule has 1 unspecified atom stereocenters. The predicted molar refractivity (Wildman–Crippen MR) is 121 cm³/mol. The van der Waals surface area contributed by atoms with Gasteiger partial charge in [-0.15, -0.1) is 0 Å². The van der Waals surface area contributed by atoms with Crippen molar-refractivity contribution >= 4 is 12.0 Å². The van der Waals surface area contributed by atoms with Crippen LogP contribution in [-0.2, 0) is 14.9 Å². The minimum Gasteiger partial charge on any atom is -0.430 e. The van der Waals surface area contributed by atoms with Crippen molar-refractivity contribution in [3.63, 3.8) is 0 Å². The number of ether oxygens (including phenoxy) is 1. The summed E-state index contributed by atoms with van der Waals surface area (Å²) in [5, 5.41) is 0. The van der Waals surface area contributed by atoms with Crippen molar-refractivity contribution in [3.05, 3.63) is 112 Å². The fraction of sp³-hybridized carbons (Fsp3) is 0.179. The maximum Gasteiger partial charge on any atom is 0.323 e. The van der Waals surface area contributed by atoms with Crippen molar-refractivity contribution in [2.24, 2.45) is 0 Å². The number of cyclic esters (lactones) is 1. The lowest BCUT2D eigenvalue weighted by atomic mass is 9.76. The lowest BCUT2D eigenvalue weighted by Gasteiger charge is -2.22. The third-order valence-electron chi connectivity index (χ3n) is 5.50. The van der Waals surface area contributed by atoms with Gasteiger partial charge in [0.25, 0.3) is 0 Å². The summed E-state index contributed by atoms with van der Waals surface area (Å²) in [4.78, 5) is 13.1. The molecule has 0 spiro atoms. The molecule has 3 aromatic carbocycles. The van der Waals surface area contributed by atoms with Gasteiger partial charge in [-0.2, -0.15) is 0 Å². The van der Waals surface area contributed by atoms with Gasteiger partial charge in [-0.25, -0.2) is 0 Å². The Morgan fingerprint density at radius 1 is 0.900 bits per heavy atom. The summed E-state index contributed by atoms with van der Waals surface area (Å²) in [5.74, 6) is 6.91. The molecule has 1 aliphatic heterocycles. The Balaban J connectivity index is 1.66. The molecule has 1 fully saturated rings. The molecule has 0 saturated carbocycles. The number of esters is 1. The van der Waals surface area contributed by atoms with Gasteiger partial charge in [-0.05, 0) is 43.2 Å². The number of carbonyl (C=O) groups excluding carboxylic acids is 1. The van der Waals surface area contributed by atoms with Gasteiger partial charge < -0.3 is 4.74 Å². The first-order chi connectivity index (χ1) is 14.5. The van der Waals surface area contributed by atoms with Crippen molar-refractivity contribution in [3.8, 4) is 11.8 Å². The Bertz CT molecular complexity index is 1130. The molecule has 0 aromatic heterocycles. The molecule has 2 heteroatoms. The van der Waals surface area contributed by atoms with E-state index in [0.717, 1.165) is 16.7 Å². The van der Waals surface area contributed by atoms with Crippen LogP contribution >= 0.6 is 0 Å². The van der Waals surface area contributed by atoms with Crippen molar-refractivity contribution in [1.29, 1.82) is 0 Å². The highest BCUT2D eigenvalue weighted by atomic mass is 16.5. The van der Waals surface area contributed by atoms with E-state index in [-0.39, 0.29) is 5.97 Å². The van der Waals surface area contributed by atoms with Gasteiger partial charge in [0.15, 0.2) is 0 Å². The van der Waals surface area contributed by atoms with Crippen molar-refractivity contribution in [2.75, 3.05) is 0 Å². The van der Waals surface area contributed by atoms with E-state index in [1.807, 2.05) is 72.8 Å². The second-order valence-corrected chi connectivity index (χ2v) is 7.88. The van der Waals surface area contributed by atoms with Crippen molar-refractivity contribution in [1.82, 2.24) is 0 Å². The summed E-state index contributed by atoms with van der Waals surface area (Å²) >= 11 is 0. The molecule has 1 aliphatic rings. The molecule has 30 heavy (non-hydrogen) atoms. The number of allylic oxidation sites excluding steroid dienone is 1. The van der Waals surface area contributed by atoms with Gasteiger partial charge in [0.05, 0.1) is 0 Å². The first-order valence-corrected chi connectivity index (χ1v) is 10.2. The average Bonchev–Trinajstić information content (AvgIpc) is 3.08. The lowest BCUT2D eigenvalue weighted by Crippen LogP contribution is -2.31. The van der Waals surface area contributed by atoms with Gasteiger partial charge in [-0.3, -0.25) is 4.79 Å². The van der Waals surface area contributed by atoms with Crippen LogP contribution in [0.25, 0.3) is 6.08 Å². The average molecular weight is 392 g/mol. The van der Waals surface area contributed by atoms with Crippen molar-refractivity contribution in [2.45, 2.75) is 32.1 Å². The molecule has 0 aliphatic carbocycles. The van der Waals surface area contributed by atoms with Gasteiger partial charge in [0.1, 0.15) is 11.2 Å². The highest BCUT2D eigenvalue weighted by Crippen LogP contribution is 2.42. The smallest absolute Gasteiger partial charge is 0.323 e. The van der Waals surface area contributed by atoms with E-state index in [0.29, 0.717) is 18.6 Å². The Morgan fingerprint density at radius 2 is 1.53 bits per heavy atom. The molecular weight excluding hydrogens is 368 g/mol. The number of carbonyl (C=O) groups is 1. The first kappa shape index (κ1) is 19.7. The minimum absolute atomic E-state index is 0.231. The monoisotopic (exact) mass is 392 g/mol. The van der Waals surface area contributed by atoms with E-state index in [4.69, 9.17) is 4.74 Å². The summed E-state index contributed by atoms with van der Waals surface area (Å²) in [6.07, 6.45) is 2.87. The Labute approximate surface area is 178 Å². The van der Waals surface area contributed by atoms with E-state index >= 15 is 0 Å². The fourth-order valence-corrected chi connectivity index (χ4v) is 3.70. The molecule has 3 aromatic rings. The standard InChI is InChI=1S/C28H24O2/c1-21-10-14-23(15-11-21)7-6-18-28(25-8-4-3-5-9-25)20-26(30-27(28)29)19-24-16-12-22(2)13-17-24/h3-5,8-17,19H,18,20H2,1-2H3/b26-19+. The van der Waals surface area contributed by atoms with E-state index in [1.54, 1.807) is 0 Å². The Morgan fingerprint density at radius 3 is 2.20 bits per heavy atom. The van der Waals surface area contributed by atoms with Crippen molar-refractivity contribution < 1.29 is 9.53 Å². The van der Waals surface area contributed by atoms with E-state index in [2.05, 4.69) is 37.8 Å². The zero-order valence-corrected chi connectivity index (χ0v) is 17.3. The van der Waals surface area contributed by atoms with Gasteiger partial charge in [0, 0.05) is 18.4 Å². The normalized spacial score (nSPS) is 19.3. The molecular formula is C28H24O2. The Hall–Kier alpha value is -3.57. The van der Waals surface area contributed by atoms with Crippen LogP contribution in [0.5, 0.6) is 0 Å². The summed E-state index contributed by atoms with van der Waals surface area (Å²) in [6.45, 7) is 4.11. The predicted octanol–water partition coefficient (Wildman–Crippen LogP) is 5.97. The third-order valence-corrected chi connectivity index (χ3v) is 5.50. The van der Waals surface area contributed by atoms with Crippen LogP contribution in [0.1, 0.15) is 40.7 Å². The lowest BCUT2D eigenvalue weighted by molar-refractivity contribution is -0.140. The maximum absolute atomic E-state index is 13.1. The zero-order chi connectivity index (χ0) is 21.0. The summed E-state index contributed by atoms with van der Waals surface area (Å²) in [5.41, 5.74) is 4.54. The topological polar surface area (TPSA) is 26.3 Å². The summed E-state index contributed by atoms with van der Waals surface area (Å²) < 4.78 is 5.74. The highest BCUT2D eigenvalue weighted by Gasteiger charge is 2.48. The molecule has 4 rings (SSSR count).